The van der Waals surface area contributed by atoms with Crippen LogP contribution in [0.3, 0.4) is 0 Å². The SMILES string of the molecule is COc1ccc(S(=O)(=O)CC(Nc2nc(Cc3ccc(F)c(C)c3)ns2)C(C)N)cc1. The first-order chi connectivity index (χ1) is 14.7. The fourth-order valence-corrected chi connectivity index (χ4v) is 5.23. The number of nitrogens with one attached hydrogen (secondary N) is 1. The van der Waals surface area contributed by atoms with Crippen LogP contribution in [0.4, 0.5) is 9.52 Å². The summed E-state index contributed by atoms with van der Waals surface area (Å²) in [7, 11) is -2.06. The van der Waals surface area contributed by atoms with Crippen molar-refractivity contribution in [1.29, 1.82) is 0 Å². The fraction of sp³-hybridized carbons (Fsp3) is 0.333. The van der Waals surface area contributed by atoms with Crippen molar-refractivity contribution in [2.75, 3.05) is 18.2 Å². The minimum absolute atomic E-state index is 0.191. The Labute approximate surface area is 185 Å². The number of anilines is 1. The van der Waals surface area contributed by atoms with E-state index in [2.05, 4.69) is 14.7 Å². The third-order valence-corrected chi connectivity index (χ3v) is 7.29. The van der Waals surface area contributed by atoms with Crippen LogP contribution in [-0.4, -0.2) is 42.7 Å². The van der Waals surface area contributed by atoms with E-state index in [0.717, 1.165) is 17.1 Å². The highest BCUT2D eigenvalue weighted by Crippen LogP contribution is 2.21. The number of nitrogens with zero attached hydrogens (tertiary/aromatic N) is 2. The molecule has 166 valence electrons. The highest BCUT2D eigenvalue weighted by molar-refractivity contribution is 7.91. The topological polar surface area (TPSA) is 107 Å². The van der Waals surface area contributed by atoms with Crippen molar-refractivity contribution in [1.82, 2.24) is 9.36 Å². The second-order valence-corrected chi connectivity index (χ2v) is 10.1. The summed E-state index contributed by atoms with van der Waals surface area (Å²) in [6, 6.07) is 10.1. The first kappa shape index (κ1) is 23.1. The summed E-state index contributed by atoms with van der Waals surface area (Å²) in [5, 5.41) is 3.60. The van der Waals surface area contributed by atoms with Gasteiger partial charge in [0.25, 0.3) is 0 Å². The summed E-state index contributed by atoms with van der Waals surface area (Å²) in [6.07, 6.45) is 0.451. The number of ether oxygens (including phenoxy) is 1. The number of benzene rings is 2. The summed E-state index contributed by atoms with van der Waals surface area (Å²) >= 11 is 1.14. The van der Waals surface area contributed by atoms with Gasteiger partial charge in [0.15, 0.2) is 9.84 Å². The molecule has 2 unspecified atom stereocenters. The second-order valence-electron chi connectivity index (χ2n) is 7.34. The summed E-state index contributed by atoms with van der Waals surface area (Å²) in [5.41, 5.74) is 7.51. The van der Waals surface area contributed by atoms with Crippen LogP contribution in [0.25, 0.3) is 0 Å². The number of methoxy groups -OCH3 is 1. The van der Waals surface area contributed by atoms with Crippen molar-refractivity contribution in [3.8, 4) is 5.75 Å². The first-order valence-electron chi connectivity index (χ1n) is 9.64. The lowest BCUT2D eigenvalue weighted by Crippen LogP contribution is -2.43. The van der Waals surface area contributed by atoms with E-state index in [1.807, 2.05) is 0 Å². The number of aryl methyl sites for hydroxylation is 1. The third-order valence-electron chi connectivity index (χ3n) is 4.81. The Kier molecular flexibility index (Phi) is 7.24. The van der Waals surface area contributed by atoms with Crippen LogP contribution in [0.5, 0.6) is 5.75 Å². The molecule has 2 atom stereocenters. The van der Waals surface area contributed by atoms with Crippen molar-refractivity contribution in [2.24, 2.45) is 5.73 Å². The molecule has 1 heterocycles. The number of rotatable bonds is 9. The molecule has 0 saturated heterocycles. The molecular weight excluding hydrogens is 439 g/mol. The molecule has 0 aliphatic rings. The number of hydrogen-bond acceptors (Lipinski definition) is 8. The molecule has 10 heteroatoms. The Morgan fingerprint density at radius 3 is 2.55 bits per heavy atom. The van der Waals surface area contributed by atoms with E-state index in [4.69, 9.17) is 10.5 Å². The van der Waals surface area contributed by atoms with E-state index >= 15 is 0 Å². The molecule has 2 aromatic carbocycles. The Bertz CT molecular complexity index is 1130. The second kappa shape index (κ2) is 9.71. The highest BCUT2D eigenvalue weighted by Gasteiger charge is 2.25. The maximum atomic E-state index is 13.5. The average Bonchev–Trinajstić information content (AvgIpc) is 3.17. The first-order valence-corrected chi connectivity index (χ1v) is 12.1. The number of aromatic nitrogens is 2. The molecule has 3 aromatic rings. The molecule has 0 spiro atoms. The largest absolute Gasteiger partial charge is 0.497 e. The van der Waals surface area contributed by atoms with Crippen LogP contribution in [-0.2, 0) is 16.3 Å². The lowest BCUT2D eigenvalue weighted by molar-refractivity contribution is 0.414. The van der Waals surface area contributed by atoms with Crippen molar-refractivity contribution < 1.29 is 17.5 Å². The lowest BCUT2D eigenvalue weighted by atomic mass is 10.1. The summed E-state index contributed by atoms with van der Waals surface area (Å²) < 4.78 is 48.5. The molecule has 7 nitrogen and oxygen atoms in total. The molecule has 0 bridgehead atoms. The normalized spacial score (nSPS) is 13.6. The molecule has 31 heavy (non-hydrogen) atoms. The quantitative estimate of drug-likeness (QED) is 0.501. The van der Waals surface area contributed by atoms with Gasteiger partial charge in [-0.1, -0.05) is 12.1 Å². The van der Waals surface area contributed by atoms with Gasteiger partial charge in [0, 0.05) is 24.0 Å². The van der Waals surface area contributed by atoms with Gasteiger partial charge in [0.05, 0.1) is 23.8 Å². The van der Waals surface area contributed by atoms with E-state index in [1.165, 1.54) is 25.3 Å². The molecule has 0 amide bonds. The zero-order valence-corrected chi connectivity index (χ0v) is 19.1. The molecule has 3 N–H and O–H groups in total. The monoisotopic (exact) mass is 464 g/mol. The summed E-state index contributed by atoms with van der Waals surface area (Å²) in [4.78, 5) is 4.64. The predicted molar refractivity (Wildman–Crippen MR) is 120 cm³/mol. The number of halogens is 1. The molecule has 0 aliphatic carbocycles. The van der Waals surface area contributed by atoms with Gasteiger partial charge in [-0.15, -0.1) is 0 Å². The van der Waals surface area contributed by atoms with Gasteiger partial charge >= 0.3 is 0 Å². The predicted octanol–water partition coefficient (Wildman–Crippen LogP) is 3.19. The Balaban J connectivity index is 1.70. The van der Waals surface area contributed by atoms with Gasteiger partial charge in [-0.3, -0.25) is 0 Å². The van der Waals surface area contributed by atoms with Crippen LogP contribution in [0.1, 0.15) is 23.9 Å². The zero-order chi connectivity index (χ0) is 22.6. The van der Waals surface area contributed by atoms with Gasteiger partial charge < -0.3 is 15.8 Å². The molecule has 1 aromatic heterocycles. The van der Waals surface area contributed by atoms with Crippen molar-refractivity contribution >= 4 is 26.5 Å². The number of hydrogen-bond donors (Lipinski definition) is 2. The Morgan fingerprint density at radius 1 is 1.23 bits per heavy atom. The molecule has 0 aliphatic heterocycles. The van der Waals surface area contributed by atoms with Crippen LogP contribution in [0, 0.1) is 12.7 Å². The van der Waals surface area contributed by atoms with Crippen LogP contribution in [0.15, 0.2) is 47.4 Å². The van der Waals surface area contributed by atoms with Gasteiger partial charge in [-0.2, -0.15) is 4.37 Å². The minimum atomic E-state index is -3.58. The molecule has 0 radical (unpaired) electrons. The van der Waals surface area contributed by atoms with Crippen LogP contribution >= 0.6 is 11.5 Å². The highest BCUT2D eigenvalue weighted by atomic mass is 32.2. The van der Waals surface area contributed by atoms with Crippen molar-refractivity contribution in [3.05, 3.63) is 65.2 Å². The molecule has 3 rings (SSSR count). The fourth-order valence-electron chi connectivity index (χ4n) is 2.98. The van der Waals surface area contributed by atoms with E-state index in [-0.39, 0.29) is 16.5 Å². The number of sulfone groups is 1. The standard InChI is InChI=1S/C21H25FN4O3S2/c1-13-10-15(4-9-18(13)22)11-20-25-21(30-26-20)24-19(14(2)23)12-31(27,28)17-7-5-16(29-3)6-8-17/h4-10,14,19H,11-12,23H2,1-3H3,(H,24,25,26). The van der Waals surface area contributed by atoms with Crippen LogP contribution < -0.4 is 15.8 Å². The Morgan fingerprint density at radius 2 is 1.94 bits per heavy atom. The van der Waals surface area contributed by atoms with E-state index in [9.17, 15) is 12.8 Å². The van der Waals surface area contributed by atoms with E-state index < -0.39 is 21.9 Å². The van der Waals surface area contributed by atoms with E-state index in [1.54, 1.807) is 38.1 Å². The van der Waals surface area contributed by atoms with Gasteiger partial charge in [0.2, 0.25) is 5.13 Å². The summed E-state index contributed by atoms with van der Waals surface area (Å²) in [6.45, 7) is 3.45. The number of nitrogens with two attached hydrogens (primary N) is 1. The molecule has 0 fully saturated rings. The third kappa shape index (κ3) is 5.99. The minimum Gasteiger partial charge on any atom is -0.497 e. The van der Waals surface area contributed by atoms with Gasteiger partial charge in [-0.05, 0) is 55.3 Å². The van der Waals surface area contributed by atoms with E-state index in [0.29, 0.717) is 28.7 Å². The van der Waals surface area contributed by atoms with Gasteiger partial charge in [-0.25, -0.2) is 17.8 Å². The zero-order valence-electron chi connectivity index (χ0n) is 17.5. The van der Waals surface area contributed by atoms with Gasteiger partial charge in [0.1, 0.15) is 17.4 Å². The van der Waals surface area contributed by atoms with Crippen molar-refractivity contribution in [2.45, 2.75) is 37.2 Å². The average molecular weight is 465 g/mol. The Hall–Kier alpha value is -2.56. The summed E-state index contributed by atoms with van der Waals surface area (Å²) in [5.74, 6) is 0.706. The molecule has 0 saturated carbocycles. The maximum absolute atomic E-state index is 13.5. The molecular formula is C21H25FN4O3S2. The maximum Gasteiger partial charge on any atom is 0.202 e. The lowest BCUT2D eigenvalue weighted by Gasteiger charge is -2.21. The smallest absolute Gasteiger partial charge is 0.202 e. The van der Waals surface area contributed by atoms with Crippen LogP contribution in [0.2, 0.25) is 0 Å². The van der Waals surface area contributed by atoms with Crippen molar-refractivity contribution in [3.63, 3.8) is 0 Å².